The number of morpholine rings is 1. The Morgan fingerprint density at radius 1 is 1.24 bits per heavy atom. The highest BCUT2D eigenvalue weighted by atomic mass is 16.5. The third-order valence-electron chi connectivity index (χ3n) is 7.27. The van der Waals surface area contributed by atoms with Gasteiger partial charge in [-0.25, -0.2) is 4.98 Å². The van der Waals surface area contributed by atoms with Crippen LogP contribution in [0.5, 0.6) is 5.75 Å². The molecule has 0 radical (unpaired) electrons. The van der Waals surface area contributed by atoms with Crippen LogP contribution >= 0.6 is 0 Å². The van der Waals surface area contributed by atoms with E-state index in [1.807, 2.05) is 0 Å². The summed E-state index contributed by atoms with van der Waals surface area (Å²) in [6.07, 6.45) is 6.63. The maximum absolute atomic E-state index is 13.5. The Morgan fingerprint density at radius 3 is 2.73 bits per heavy atom. The third kappa shape index (κ3) is 5.06. The molecular weight excluding hydrogens is 420 g/mol. The first-order chi connectivity index (χ1) is 15.9. The number of hydrogen-bond donors (Lipinski definition) is 2. The van der Waals surface area contributed by atoms with Crippen LogP contribution in [0.2, 0.25) is 0 Å². The molecular formula is C25H36N4O4. The van der Waals surface area contributed by atoms with Crippen molar-refractivity contribution in [2.24, 2.45) is 5.92 Å². The Bertz CT molecular complexity index is 1040. The molecule has 0 spiro atoms. The molecule has 2 atom stereocenters. The smallest absolute Gasteiger partial charge is 0.268 e. The molecule has 1 saturated carbocycles. The van der Waals surface area contributed by atoms with E-state index in [1.54, 1.807) is 18.3 Å². The Hall–Kier alpha value is -2.45. The molecule has 0 aromatic carbocycles. The molecule has 2 aromatic heterocycles. The van der Waals surface area contributed by atoms with E-state index in [2.05, 4.69) is 36.0 Å². The van der Waals surface area contributed by atoms with Crippen LogP contribution in [-0.2, 0) is 11.3 Å². The first-order valence-corrected chi connectivity index (χ1v) is 12.3. The molecule has 1 aliphatic heterocycles. The van der Waals surface area contributed by atoms with Gasteiger partial charge in [-0.3, -0.25) is 19.1 Å². The van der Waals surface area contributed by atoms with Crippen LogP contribution < -0.4 is 10.9 Å². The number of aromatic nitrogens is 2. The summed E-state index contributed by atoms with van der Waals surface area (Å²) in [6.45, 7) is 8.94. The normalized spacial score (nSPS) is 26.4. The zero-order valence-electron chi connectivity index (χ0n) is 19.9. The summed E-state index contributed by atoms with van der Waals surface area (Å²) < 4.78 is 7.39. The number of nitrogens with one attached hydrogen (secondary N) is 1. The molecule has 33 heavy (non-hydrogen) atoms. The molecule has 1 aliphatic carbocycles. The van der Waals surface area contributed by atoms with Crippen LogP contribution in [0.1, 0.15) is 63.2 Å². The van der Waals surface area contributed by atoms with Crippen molar-refractivity contribution in [3.8, 4) is 5.75 Å². The zero-order chi connectivity index (χ0) is 23.5. The first-order valence-electron chi connectivity index (χ1n) is 12.3. The van der Waals surface area contributed by atoms with E-state index in [1.165, 1.54) is 4.57 Å². The molecule has 0 unspecified atom stereocenters. The number of ether oxygens (including phenoxy) is 1. The van der Waals surface area contributed by atoms with Gasteiger partial charge in [-0.2, -0.15) is 0 Å². The molecule has 4 rings (SSSR count). The molecule has 2 aliphatic rings. The lowest BCUT2D eigenvalue weighted by Crippen LogP contribution is -2.49. The number of rotatable bonds is 6. The fourth-order valence-electron chi connectivity index (χ4n) is 5.00. The van der Waals surface area contributed by atoms with Crippen LogP contribution in [-0.4, -0.2) is 63.3 Å². The average molecular weight is 457 g/mol. The van der Waals surface area contributed by atoms with Crippen molar-refractivity contribution in [3.63, 3.8) is 0 Å². The predicted molar refractivity (Wildman–Crippen MR) is 128 cm³/mol. The summed E-state index contributed by atoms with van der Waals surface area (Å²) in [4.78, 5) is 33.3. The number of carbonyl (C=O) groups excluding carboxylic acids is 1. The maximum Gasteiger partial charge on any atom is 0.268 e. The topological polar surface area (TPSA) is 96.7 Å². The van der Waals surface area contributed by atoms with Gasteiger partial charge in [-0.05, 0) is 57.1 Å². The first kappa shape index (κ1) is 23.7. The lowest BCUT2D eigenvalue weighted by molar-refractivity contribution is -0.0599. The number of pyridine rings is 2. The Balaban J connectivity index is 1.62. The van der Waals surface area contributed by atoms with E-state index < -0.39 is 11.5 Å². The average Bonchev–Trinajstić information content (AvgIpc) is 2.81. The summed E-state index contributed by atoms with van der Waals surface area (Å²) in [6, 6.07) is 3.69. The molecule has 1 amide bonds. The molecule has 3 heterocycles. The molecule has 180 valence electrons. The van der Waals surface area contributed by atoms with Crippen molar-refractivity contribution in [1.29, 1.82) is 0 Å². The minimum Gasteiger partial charge on any atom is -0.506 e. The number of aromatic hydroxyl groups is 1. The lowest BCUT2D eigenvalue weighted by atomic mass is 9.87. The molecule has 2 fully saturated rings. The van der Waals surface area contributed by atoms with Crippen LogP contribution in [0.4, 0.5) is 0 Å². The van der Waals surface area contributed by atoms with Gasteiger partial charge in [0.1, 0.15) is 17.0 Å². The summed E-state index contributed by atoms with van der Waals surface area (Å²) in [7, 11) is 0. The highest BCUT2D eigenvalue weighted by Crippen LogP contribution is 2.27. The van der Waals surface area contributed by atoms with Crippen LogP contribution in [0.25, 0.3) is 11.0 Å². The highest BCUT2D eigenvalue weighted by molar-refractivity contribution is 6.01. The van der Waals surface area contributed by atoms with Crippen molar-refractivity contribution in [2.45, 2.75) is 77.6 Å². The van der Waals surface area contributed by atoms with E-state index in [-0.39, 0.29) is 29.5 Å². The summed E-state index contributed by atoms with van der Waals surface area (Å²) in [5, 5.41) is 14.3. The number of hydrogen-bond acceptors (Lipinski definition) is 6. The second-order valence-corrected chi connectivity index (χ2v) is 9.69. The summed E-state index contributed by atoms with van der Waals surface area (Å²) >= 11 is 0. The molecule has 8 heteroatoms. The van der Waals surface area contributed by atoms with Crippen LogP contribution in [0.3, 0.4) is 0 Å². The van der Waals surface area contributed by atoms with E-state index in [4.69, 9.17) is 4.74 Å². The summed E-state index contributed by atoms with van der Waals surface area (Å²) in [5.74, 6) is -0.125. The quantitative estimate of drug-likeness (QED) is 0.694. The molecule has 0 bridgehead atoms. The molecule has 2 N–H and O–H groups in total. The zero-order valence-corrected chi connectivity index (χ0v) is 19.9. The standard InChI is InChI=1S/C25H36N4O4/c1-4-19-14-28(17(3)15-33-19)12-13-29-23-20(6-5-11-26-23)22(30)21(25(29)32)24(31)27-18-9-7-16(2)8-10-18/h5-6,11,16-19,30H,4,7-10,12-15H2,1-3H3,(H,27,31)/t16-,17-,18+,19-/m0/s1. The predicted octanol–water partition coefficient (Wildman–Crippen LogP) is 2.91. The third-order valence-corrected chi connectivity index (χ3v) is 7.27. The van der Waals surface area contributed by atoms with Gasteiger partial charge in [-0.1, -0.05) is 13.8 Å². The van der Waals surface area contributed by atoms with Crippen molar-refractivity contribution < 1.29 is 14.6 Å². The van der Waals surface area contributed by atoms with Crippen LogP contribution in [0.15, 0.2) is 23.1 Å². The number of fused-ring (bicyclic) bond motifs is 1. The fourth-order valence-corrected chi connectivity index (χ4v) is 5.00. The second kappa shape index (κ2) is 10.2. The van der Waals surface area contributed by atoms with E-state index in [0.717, 1.165) is 38.6 Å². The van der Waals surface area contributed by atoms with Gasteiger partial charge in [0.05, 0.1) is 18.1 Å². The molecule has 1 saturated heterocycles. The maximum atomic E-state index is 13.5. The minimum absolute atomic E-state index is 0.0331. The highest BCUT2D eigenvalue weighted by Gasteiger charge is 2.28. The largest absolute Gasteiger partial charge is 0.506 e. The molecule has 2 aromatic rings. The van der Waals surface area contributed by atoms with Gasteiger partial charge in [-0.15, -0.1) is 0 Å². The van der Waals surface area contributed by atoms with Gasteiger partial charge in [0.25, 0.3) is 11.5 Å². The number of amides is 1. The van der Waals surface area contributed by atoms with Gasteiger partial charge in [0.15, 0.2) is 0 Å². The minimum atomic E-state index is -0.498. The van der Waals surface area contributed by atoms with Gasteiger partial charge in [0.2, 0.25) is 0 Å². The number of carbonyl (C=O) groups is 1. The summed E-state index contributed by atoms with van der Waals surface area (Å²) in [5.41, 5.74) is -0.278. The Labute approximate surface area is 194 Å². The fraction of sp³-hybridized carbons (Fsp3) is 0.640. The SMILES string of the molecule is CC[C@H]1CN(CCn2c(=O)c(C(=O)N[C@H]3CC[C@@H](C)CC3)c(O)c3cccnc32)[C@@H](C)CO1. The number of nitrogens with zero attached hydrogens (tertiary/aromatic N) is 3. The van der Waals surface area contributed by atoms with Crippen LogP contribution in [0, 0.1) is 5.92 Å². The van der Waals surface area contributed by atoms with E-state index >= 15 is 0 Å². The van der Waals surface area contributed by atoms with Gasteiger partial charge >= 0.3 is 0 Å². The lowest BCUT2D eigenvalue weighted by Gasteiger charge is -2.37. The van der Waals surface area contributed by atoms with Crippen molar-refractivity contribution >= 4 is 16.9 Å². The monoisotopic (exact) mass is 456 g/mol. The Morgan fingerprint density at radius 2 is 2.00 bits per heavy atom. The second-order valence-electron chi connectivity index (χ2n) is 9.69. The van der Waals surface area contributed by atoms with Gasteiger partial charge < -0.3 is 15.2 Å². The van der Waals surface area contributed by atoms with Gasteiger partial charge in [0, 0.05) is 37.9 Å². The molecule has 8 nitrogen and oxygen atoms in total. The van der Waals surface area contributed by atoms with Crippen molar-refractivity contribution in [1.82, 2.24) is 19.8 Å². The van der Waals surface area contributed by atoms with E-state index in [0.29, 0.717) is 36.6 Å². The van der Waals surface area contributed by atoms with Crippen molar-refractivity contribution in [2.75, 3.05) is 19.7 Å². The van der Waals surface area contributed by atoms with Crippen molar-refractivity contribution in [3.05, 3.63) is 34.2 Å². The van der Waals surface area contributed by atoms with E-state index in [9.17, 15) is 14.7 Å². The Kier molecular flexibility index (Phi) is 7.34.